The average Bonchev–Trinajstić information content (AvgIpc) is 2.83. The van der Waals surface area contributed by atoms with Gasteiger partial charge in [-0.15, -0.1) is 0 Å². The topological polar surface area (TPSA) is 70.6 Å². The van der Waals surface area contributed by atoms with Gasteiger partial charge in [0.1, 0.15) is 0 Å². The Labute approximate surface area is 146 Å². The molecule has 0 radical (unpaired) electrons. The molecule has 4 bridgehead atoms. The van der Waals surface area contributed by atoms with Gasteiger partial charge in [0, 0.05) is 19.6 Å². The molecule has 1 heterocycles. The molecule has 24 heavy (non-hydrogen) atoms. The Morgan fingerprint density at radius 2 is 1.75 bits per heavy atom. The van der Waals surface area contributed by atoms with Gasteiger partial charge in [0.05, 0.1) is 11.5 Å². The zero-order valence-corrected chi connectivity index (χ0v) is 15.6. The molecule has 1 aliphatic heterocycles. The first kappa shape index (κ1) is 16.7. The number of hydrogen-bond donors (Lipinski definition) is 2. The van der Waals surface area contributed by atoms with Crippen LogP contribution in [0.1, 0.15) is 51.4 Å². The summed E-state index contributed by atoms with van der Waals surface area (Å²) in [5, 5.41) is 6.73. The second-order valence-corrected chi connectivity index (χ2v) is 11.1. The third-order valence-corrected chi connectivity index (χ3v) is 8.68. The van der Waals surface area contributed by atoms with E-state index in [2.05, 4.69) is 15.6 Å². The molecule has 5 aliphatic rings. The number of nitrogens with zero attached hydrogens (tertiary/aromatic N) is 1. The van der Waals surface area contributed by atoms with Crippen molar-refractivity contribution >= 4 is 15.8 Å². The van der Waals surface area contributed by atoms with Crippen molar-refractivity contribution in [1.82, 2.24) is 10.6 Å². The largest absolute Gasteiger partial charge is 0.356 e. The van der Waals surface area contributed by atoms with Crippen LogP contribution < -0.4 is 10.6 Å². The Balaban J connectivity index is 1.27. The predicted molar refractivity (Wildman–Crippen MR) is 96.8 cm³/mol. The lowest BCUT2D eigenvalue weighted by atomic mass is 9.49. The second-order valence-electron chi connectivity index (χ2n) is 8.91. The van der Waals surface area contributed by atoms with Crippen molar-refractivity contribution in [2.75, 3.05) is 25.1 Å². The van der Waals surface area contributed by atoms with E-state index in [1.165, 1.54) is 44.9 Å². The monoisotopic (exact) mass is 353 g/mol. The molecule has 4 aliphatic carbocycles. The van der Waals surface area contributed by atoms with Crippen molar-refractivity contribution in [3.05, 3.63) is 0 Å². The fourth-order valence-corrected chi connectivity index (χ4v) is 8.01. The molecule has 0 spiro atoms. The Morgan fingerprint density at radius 1 is 1.12 bits per heavy atom. The van der Waals surface area contributed by atoms with Crippen LogP contribution >= 0.6 is 0 Å². The predicted octanol–water partition coefficient (Wildman–Crippen LogP) is 1.95. The van der Waals surface area contributed by atoms with Crippen molar-refractivity contribution in [1.29, 1.82) is 0 Å². The SMILES string of the molecule is CN=C(NCCC12CC3CC(CC(C3)C1)C2)NC1CCS(=O)(=O)C1. The minimum absolute atomic E-state index is 0.0146. The molecule has 0 aromatic carbocycles. The second kappa shape index (κ2) is 6.19. The summed E-state index contributed by atoms with van der Waals surface area (Å²) in [5.74, 6) is 4.30. The van der Waals surface area contributed by atoms with Crippen LogP contribution in [0.15, 0.2) is 4.99 Å². The molecule has 5 fully saturated rings. The van der Waals surface area contributed by atoms with E-state index >= 15 is 0 Å². The fraction of sp³-hybridized carbons (Fsp3) is 0.944. The molecular weight excluding hydrogens is 322 g/mol. The molecule has 0 aromatic heterocycles. The van der Waals surface area contributed by atoms with Crippen LogP contribution in [0.3, 0.4) is 0 Å². The summed E-state index contributed by atoms with van der Waals surface area (Å²) in [6.45, 7) is 0.950. The summed E-state index contributed by atoms with van der Waals surface area (Å²) in [6, 6.07) is 0.0146. The lowest BCUT2D eigenvalue weighted by molar-refractivity contribution is -0.0562. The van der Waals surface area contributed by atoms with E-state index in [-0.39, 0.29) is 11.8 Å². The van der Waals surface area contributed by atoms with Gasteiger partial charge in [0.2, 0.25) is 0 Å². The first-order chi connectivity index (χ1) is 11.5. The van der Waals surface area contributed by atoms with Gasteiger partial charge in [-0.2, -0.15) is 0 Å². The molecule has 136 valence electrons. The van der Waals surface area contributed by atoms with Gasteiger partial charge in [0.25, 0.3) is 0 Å². The summed E-state index contributed by atoms with van der Waals surface area (Å²) in [4.78, 5) is 4.28. The standard InChI is InChI=1S/C18H31N3O2S/c1-19-17(21-16-2-5-24(22,23)12-16)20-4-3-18-9-13-6-14(10-18)8-15(7-13)11-18/h13-16H,2-12H2,1H3,(H2,19,20,21). The van der Waals surface area contributed by atoms with Gasteiger partial charge >= 0.3 is 0 Å². The number of rotatable bonds is 4. The summed E-state index contributed by atoms with van der Waals surface area (Å²) in [6.07, 6.45) is 10.7. The van der Waals surface area contributed by atoms with Crippen LogP contribution in [0.5, 0.6) is 0 Å². The zero-order chi connectivity index (χ0) is 16.8. The van der Waals surface area contributed by atoms with Gasteiger partial charge in [-0.25, -0.2) is 8.42 Å². The van der Waals surface area contributed by atoms with Crippen molar-refractivity contribution in [3.8, 4) is 0 Å². The van der Waals surface area contributed by atoms with Gasteiger partial charge in [-0.3, -0.25) is 4.99 Å². The highest BCUT2D eigenvalue weighted by Crippen LogP contribution is 2.61. The maximum Gasteiger partial charge on any atom is 0.191 e. The normalized spacial score (nSPS) is 43.1. The maximum absolute atomic E-state index is 11.6. The van der Waals surface area contributed by atoms with E-state index in [9.17, 15) is 8.42 Å². The molecule has 1 unspecified atom stereocenters. The highest BCUT2D eigenvalue weighted by atomic mass is 32.2. The van der Waals surface area contributed by atoms with Gasteiger partial charge in [0.15, 0.2) is 15.8 Å². The molecule has 0 aromatic rings. The molecule has 6 heteroatoms. The molecular formula is C18H31N3O2S. The van der Waals surface area contributed by atoms with E-state index < -0.39 is 9.84 Å². The molecule has 4 saturated carbocycles. The number of hydrogen-bond acceptors (Lipinski definition) is 3. The first-order valence-corrected chi connectivity index (χ1v) is 11.5. The maximum atomic E-state index is 11.6. The number of nitrogens with one attached hydrogen (secondary N) is 2. The van der Waals surface area contributed by atoms with Crippen molar-refractivity contribution in [3.63, 3.8) is 0 Å². The lowest BCUT2D eigenvalue weighted by Crippen LogP contribution is -2.49. The average molecular weight is 354 g/mol. The Hall–Kier alpha value is -0.780. The van der Waals surface area contributed by atoms with Crippen LogP contribution in [0.4, 0.5) is 0 Å². The molecule has 1 atom stereocenters. The third-order valence-electron chi connectivity index (χ3n) is 6.91. The minimum atomic E-state index is -2.85. The van der Waals surface area contributed by atoms with Gasteiger partial charge in [-0.1, -0.05) is 0 Å². The van der Waals surface area contributed by atoms with Crippen molar-refractivity contribution in [2.24, 2.45) is 28.2 Å². The third kappa shape index (κ3) is 3.44. The van der Waals surface area contributed by atoms with Crippen LogP contribution in [0, 0.1) is 23.2 Å². The van der Waals surface area contributed by atoms with Gasteiger partial charge in [-0.05, 0) is 74.5 Å². The quantitative estimate of drug-likeness (QED) is 0.599. The Kier molecular flexibility index (Phi) is 4.30. The summed E-state index contributed by atoms with van der Waals surface area (Å²) in [7, 11) is -1.08. The molecule has 2 N–H and O–H groups in total. The van der Waals surface area contributed by atoms with E-state index in [1.54, 1.807) is 7.05 Å². The summed E-state index contributed by atoms with van der Waals surface area (Å²) in [5.41, 5.74) is 0.581. The Morgan fingerprint density at radius 3 is 2.25 bits per heavy atom. The van der Waals surface area contributed by atoms with E-state index in [0.717, 1.165) is 30.3 Å². The van der Waals surface area contributed by atoms with Crippen LogP contribution in [0.2, 0.25) is 0 Å². The molecule has 0 amide bonds. The summed E-state index contributed by atoms with van der Waals surface area (Å²) >= 11 is 0. The van der Waals surface area contributed by atoms with Crippen LogP contribution in [0.25, 0.3) is 0 Å². The first-order valence-electron chi connectivity index (χ1n) is 9.63. The number of aliphatic imine (C=N–C) groups is 1. The fourth-order valence-electron chi connectivity index (χ4n) is 6.34. The van der Waals surface area contributed by atoms with Crippen molar-refractivity contribution < 1.29 is 8.42 Å². The van der Waals surface area contributed by atoms with E-state index in [1.807, 2.05) is 0 Å². The van der Waals surface area contributed by atoms with Gasteiger partial charge < -0.3 is 10.6 Å². The smallest absolute Gasteiger partial charge is 0.191 e. The molecule has 1 saturated heterocycles. The molecule has 5 rings (SSSR count). The molecule has 5 nitrogen and oxygen atoms in total. The Bertz CT molecular complexity index is 578. The zero-order valence-electron chi connectivity index (χ0n) is 14.8. The lowest BCUT2D eigenvalue weighted by Gasteiger charge is -2.57. The van der Waals surface area contributed by atoms with Crippen LogP contribution in [-0.2, 0) is 9.84 Å². The minimum Gasteiger partial charge on any atom is -0.356 e. The van der Waals surface area contributed by atoms with Crippen molar-refractivity contribution in [2.45, 2.75) is 57.4 Å². The van der Waals surface area contributed by atoms with Crippen LogP contribution in [-0.4, -0.2) is 45.5 Å². The van der Waals surface area contributed by atoms with E-state index in [4.69, 9.17) is 0 Å². The van der Waals surface area contributed by atoms with E-state index in [0.29, 0.717) is 17.6 Å². The summed E-state index contributed by atoms with van der Waals surface area (Å²) < 4.78 is 23.2. The number of sulfone groups is 1. The number of guanidine groups is 1. The highest BCUT2D eigenvalue weighted by molar-refractivity contribution is 7.91. The highest BCUT2D eigenvalue weighted by Gasteiger charge is 2.50.